The standard InChI is InChI=1S/C20H24N2O2/c1-2-17-13-22-18-12-16(8-9-20(18)24-17)19(23)14-21-11-10-15-6-4-3-5-7-15/h3-9,12,17,21-22H,2,10-11,13-14H2,1H3. The Hall–Kier alpha value is -2.33. The summed E-state index contributed by atoms with van der Waals surface area (Å²) in [5, 5.41) is 6.58. The fourth-order valence-electron chi connectivity index (χ4n) is 2.80. The number of hydrogen-bond donors (Lipinski definition) is 2. The fraction of sp³-hybridized carbons (Fsp3) is 0.350. The maximum absolute atomic E-state index is 12.3. The molecule has 0 spiro atoms. The summed E-state index contributed by atoms with van der Waals surface area (Å²) in [7, 11) is 0. The second-order valence-electron chi connectivity index (χ2n) is 6.08. The predicted octanol–water partition coefficient (Wildman–Crippen LogP) is 3.28. The first kappa shape index (κ1) is 16.5. The molecule has 0 amide bonds. The summed E-state index contributed by atoms with van der Waals surface area (Å²) in [5.74, 6) is 0.937. The number of ether oxygens (including phenoxy) is 1. The minimum absolute atomic E-state index is 0.102. The van der Waals surface area contributed by atoms with E-state index in [1.807, 2.05) is 36.4 Å². The zero-order chi connectivity index (χ0) is 16.8. The van der Waals surface area contributed by atoms with Gasteiger partial charge in [0.15, 0.2) is 5.78 Å². The van der Waals surface area contributed by atoms with E-state index in [2.05, 4.69) is 29.7 Å². The topological polar surface area (TPSA) is 50.4 Å². The molecular formula is C20H24N2O2. The number of benzene rings is 2. The van der Waals surface area contributed by atoms with Crippen molar-refractivity contribution in [3.63, 3.8) is 0 Å². The van der Waals surface area contributed by atoms with Gasteiger partial charge in [0.2, 0.25) is 0 Å². The van der Waals surface area contributed by atoms with E-state index in [4.69, 9.17) is 4.74 Å². The van der Waals surface area contributed by atoms with Crippen LogP contribution >= 0.6 is 0 Å². The number of rotatable bonds is 7. The average molecular weight is 324 g/mol. The molecule has 0 saturated carbocycles. The van der Waals surface area contributed by atoms with Gasteiger partial charge in [-0.1, -0.05) is 37.3 Å². The zero-order valence-corrected chi connectivity index (χ0v) is 14.0. The lowest BCUT2D eigenvalue weighted by atomic mass is 10.1. The van der Waals surface area contributed by atoms with Gasteiger partial charge in [0, 0.05) is 5.56 Å². The first-order valence-corrected chi connectivity index (χ1v) is 8.58. The van der Waals surface area contributed by atoms with E-state index in [0.29, 0.717) is 12.1 Å². The maximum atomic E-state index is 12.3. The van der Waals surface area contributed by atoms with Crippen LogP contribution in [0.5, 0.6) is 5.75 Å². The second-order valence-corrected chi connectivity index (χ2v) is 6.08. The van der Waals surface area contributed by atoms with Crippen molar-refractivity contribution in [1.82, 2.24) is 5.32 Å². The van der Waals surface area contributed by atoms with Crippen LogP contribution in [0, 0.1) is 0 Å². The number of carbonyl (C=O) groups excluding carboxylic acids is 1. The summed E-state index contributed by atoms with van der Waals surface area (Å²) >= 11 is 0. The van der Waals surface area contributed by atoms with Crippen LogP contribution in [-0.4, -0.2) is 31.5 Å². The van der Waals surface area contributed by atoms with E-state index in [0.717, 1.165) is 37.4 Å². The summed E-state index contributed by atoms with van der Waals surface area (Å²) in [6, 6.07) is 15.9. The summed E-state index contributed by atoms with van der Waals surface area (Å²) in [6.45, 7) is 4.04. The lowest BCUT2D eigenvalue weighted by Gasteiger charge is -2.26. The molecule has 4 nitrogen and oxygen atoms in total. The molecule has 2 aromatic carbocycles. The van der Waals surface area contributed by atoms with Gasteiger partial charge in [-0.05, 0) is 43.1 Å². The smallest absolute Gasteiger partial charge is 0.176 e. The van der Waals surface area contributed by atoms with E-state index < -0.39 is 0 Å². The van der Waals surface area contributed by atoms with Crippen LogP contribution in [-0.2, 0) is 6.42 Å². The molecule has 3 rings (SSSR count). The van der Waals surface area contributed by atoms with Crippen molar-refractivity contribution in [3.05, 3.63) is 59.7 Å². The van der Waals surface area contributed by atoms with E-state index in [9.17, 15) is 4.79 Å². The van der Waals surface area contributed by atoms with Gasteiger partial charge in [-0.3, -0.25) is 4.79 Å². The number of Topliss-reactive ketones (excluding diaryl/α,β-unsaturated/α-hetero) is 1. The van der Waals surface area contributed by atoms with Crippen molar-refractivity contribution in [2.24, 2.45) is 0 Å². The maximum Gasteiger partial charge on any atom is 0.176 e. The lowest BCUT2D eigenvalue weighted by molar-refractivity contribution is 0.0991. The molecule has 1 unspecified atom stereocenters. The van der Waals surface area contributed by atoms with Crippen LogP contribution in [0.4, 0.5) is 5.69 Å². The largest absolute Gasteiger partial charge is 0.486 e. The number of nitrogens with one attached hydrogen (secondary N) is 2. The third-order valence-corrected chi connectivity index (χ3v) is 4.29. The SMILES string of the molecule is CCC1CNc2cc(C(=O)CNCCc3ccccc3)ccc2O1. The quantitative estimate of drug-likeness (QED) is 0.606. The van der Waals surface area contributed by atoms with Crippen LogP contribution in [0.1, 0.15) is 29.3 Å². The fourth-order valence-corrected chi connectivity index (χ4v) is 2.80. The first-order chi connectivity index (χ1) is 11.8. The Morgan fingerprint density at radius 2 is 2.08 bits per heavy atom. The second kappa shape index (κ2) is 7.97. The first-order valence-electron chi connectivity index (χ1n) is 8.58. The van der Waals surface area contributed by atoms with Crippen molar-refractivity contribution in [3.8, 4) is 5.75 Å². The lowest BCUT2D eigenvalue weighted by Crippen LogP contribution is -2.30. The van der Waals surface area contributed by atoms with Gasteiger partial charge in [-0.25, -0.2) is 0 Å². The molecular weight excluding hydrogens is 300 g/mol. The molecule has 1 aliphatic heterocycles. The van der Waals surface area contributed by atoms with E-state index in [1.54, 1.807) is 0 Å². The van der Waals surface area contributed by atoms with E-state index >= 15 is 0 Å². The molecule has 0 aliphatic carbocycles. The minimum atomic E-state index is 0.102. The van der Waals surface area contributed by atoms with Crippen molar-refractivity contribution in [2.45, 2.75) is 25.9 Å². The number of anilines is 1. The Balaban J connectivity index is 1.50. The molecule has 24 heavy (non-hydrogen) atoms. The average Bonchev–Trinajstić information content (AvgIpc) is 2.65. The van der Waals surface area contributed by atoms with Gasteiger partial charge >= 0.3 is 0 Å². The minimum Gasteiger partial charge on any atom is -0.486 e. The van der Waals surface area contributed by atoms with Crippen molar-refractivity contribution in [2.75, 3.05) is 25.0 Å². The molecule has 4 heteroatoms. The molecule has 0 bridgehead atoms. The highest BCUT2D eigenvalue weighted by molar-refractivity contribution is 5.98. The Morgan fingerprint density at radius 1 is 1.25 bits per heavy atom. The molecule has 0 saturated heterocycles. The van der Waals surface area contributed by atoms with Crippen LogP contribution in [0.15, 0.2) is 48.5 Å². The third-order valence-electron chi connectivity index (χ3n) is 4.29. The molecule has 2 aromatic rings. The highest BCUT2D eigenvalue weighted by Gasteiger charge is 2.18. The summed E-state index contributed by atoms with van der Waals surface area (Å²) in [4.78, 5) is 12.3. The molecule has 0 aromatic heterocycles. The highest BCUT2D eigenvalue weighted by atomic mass is 16.5. The van der Waals surface area contributed by atoms with Gasteiger partial charge in [0.05, 0.1) is 18.8 Å². The summed E-state index contributed by atoms with van der Waals surface area (Å²) in [5.41, 5.74) is 2.90. The normalized spacial score (nSPS) is 16.0. The van der Waals surface area contributed by atoms with Gasteiger partial charge in [0.1, 0.15) is 11.9 Å². The third kappa shape index (κ3) is 4.15. The molecule has 1 aliphatic rings. The number of fused-ring (bicyclic) bond motifs is 1. The predicted molar refractivity (Wildman–Crippen MR) is 97.0 cm³/mol. The monoisotopic (exact) mass is 324 g/mol. The summed E-state index contributed by atoms with van der Waals surface area (Å²) in [6.07, 6.45) is 2.10. The molecule has 126 valence electrons. The van der Waals surface area contributed by atoms with Gasteiger partial charge < -0.3 is 15.4 Å². The number of ketones is 1. The zero-order valence-electron chi connectivity index (χ0n) is 14.0. The molecule has 2 N–H and O–H groups in total. The Morgan fingerprint density at radius 3 is 2.88 bits per heavy atom. The van der Waals surface area contributed by atoms with Crippen molar-refractivity contribution >= 4 is 11.5 Å². The van der Waals surface area contributed by atoms with E-state index in [1.165, 1.54) is 5.56 Å². The van der Waals surface area contributed by atoms with Gasteiger partial charge in [-0.15, -0.1) is 0 Å². The Labute approximate surface area is 143 Å². The Bertz CT molecular complexity index is 685. The van der Waals surface area contributed by atoms with Crippen LogP contribution in [0.25, 0.3) is 0 Å². The summed E-state index contributed by atoms with van der Waals surface area (Å²) < 4.78 is 5.87. The van der Waals surface area contributed by atoms with Crippen LogP contribution in [0.3, 0.4) is 0 Å². The van der Waals surface area contributed by atoms with Crippen molar-refractivity contribution in [1.29, 1.82) is 0 Å². The van der Waals surface area contributed by atoms with Crippen LogP contribution < -0.4 is 15.4 Å². The van der Waals surface area contributed by atoms with Gasteiger partial charge in [0.25, 0.3) is 0 Å². The molecule has 1 atom stereocenters. The molecule has 0 fully saturated rings. The van der Waals surface area contributed by atoms with Crippen molar-refractivity contribution < 1.29 is 9.53 Å². The Kier molecular flexibility index (Phi) is 5.49. The van der Waals surface area contributed by atoms with Crippen LogP contribution in [0.2, 0.25) is 0 Å². The molecule has 0 radical (unpaired) electrons. The molecule has 1 heterocycles. The van der Waals surface area contributed by atoms with Gasteiger partial charge in [-0.2, -0.15) is 0 Å². The number of carbonyl (C=O) groups is 1. The highest BCUT2D eigenvalue weighted by Crippen LogP contribution is 2.30. The van der Waals surface area contributed by atoms with E-state index in [-0.39, 0.29) is 11.9 Å². The number of hydrogen-bond acceptors (Lipinski definition) is 4.